The van der Waals surface area contributed by atoms with Crippen molar-refractivity contribution in [1.82, 2.24) is 4.90 Å². The molecular formula is C19H27NO3. The third-order valence-electron chi connectivity index (χ3n) is 4.96. The largest absolute Gasteiger partial charge is 0.478 e. The zero-order valence-electron chi connectivity index (χ0n) is 14.3. The van der Waals surface area contributed by atoms with Crippen LogP contribution in [0.15, 0.2) is 24.3 Å². The van der Waals surface area contributed by atoms with Crippen LogP contribution in [0.3, 0.4) is 0 Å². The summed E-state index contributed by atoms with van der Waals surface area (Å²) < 4.78 is 0. The minimum atomic E-state index is -0.921. The summed E-state index contributed by atoms with van der Waals surface area (Å²) >= 11 is 0. The Morgan fingerprint density at radius 1 is 1.22 bits per heavy atom. The first-order chi connectivity index (χ1) is 10.9. The zero-order chi connectivity index (χ0) is 17.0. The molecule has 0 spiro atoms. The molecule has 4 nitrogen and oxygen atoms in total. The first kappa shape index (κ1) is 17.5. The zero-order valence-corrected chi connectivity index (χ0v) is 14.3. The lowest BCUT2D eigenvalue weighted by atomic mass is 9.98. The van der Waals surface area contributed by atoms with E-state index in [1.54, 1.807) is 24.3 Å². The quantitative estimate of drug-likeness (QED) is 0.794. The van der Waals surface area contributed by atoms with Crippen LogP contribution in [0.25, 0.3) is 0 Å². The number of amides is 1. The number of carboxylic acid groups (broad SMARTS) is 1. The highest BCUT2D eigenvalue weighted by Gasteiger charge is 2.36. The first-order valence-corrected chi connectivity index (χ1v) is 8.57. The highest BCUT2D eigenvalue weighted by Crippen LogP contribution is 2.32. The number of benzene rings is 1. The highest BCUT2D eigenvalue weighted by molar-refractivity contribution is 5.87. The fourth-order valence-electron chi connectivity index (χ4n) is 2.93. The van der Waals surface area contributed by atoms with E-state index in [4.69, 9.17) is 5.11 Å². The molecular weight excluding hydrogens is 290 g/mol. The van der Waals surface area contributed by atoms with Crippen molar-refractivity contribution in [3.63, 3.8) is 0 Å². The Labute approximate surface area is 138 Å². The van der Waals surface area contributed by atoms with Crippen molar-refractivity contribution in [2.24, 2.45) is 5.92 Å². The van der Waals surface area contributed by atoms with Gasteiger partial charge in [-0.15, -0.1) is 0 Å². The lowest BCUT2D eigenvalue weighted by molar-refractivity contribution is -0.134. The smallest absolute Gasteiger partial charge is 0.335 e. The van der Waals surface area contributed by atoms with Crippen LogP contribution in [-0.4, -0.2) is 34.0 Å². The normalized spacial score (nSPS) is 16.7. The van der Waals surface area contributed by atoms with E-state index in [0.29, 0.717) is 24.8 Å². The fourth-order valence-corrected chi connectivity index (χ4v) is 2.93. The molecule has 23 heavy (non-hydrogen) atoms. The Bertz CT molecular complexity index is 548. The highest BCUT2D eigenvalue weighted by atomic mass is 16.4. The molecule has 1 aromatic carbocycles. The van der Waals surface area contributed by atoms with E-state index < -0.39 is 5.97 Å². The van der Waals surface area contributed by atoms with Gasteiger partial charge < -0.3 is 10.0 Å². The molecule has 0 saturated heterocycles. The average Bonchev–Trinajstić information content (AvgIpc) is 3.37. The third-order valence-corrected chi connectivity index (χ3v) is 4.96. The van der Waals surface area contributed by atoms with Gasteiger partial charge in [-0.05, 0) is 49.8 Å². The summed E-state index contributed by atoms with van der Waals surface area (Å²) in [5, 5.41) is 8.91. The predicted octanol–water partition coefficient (Wildman–Crippen LogP) is 3.74. The minimum Gasteiger partial charge on any atom is -0.478 e. The van der Waals surface area contributed by atoms with E-state index in [1.165, 1.54) is 0 Å². The molecule has 0 radical (unpaired) electrons. The maximum absolute atomic E-state index is 12.7. The van der Waals surface area contributed by atoms with Crippen molar-refractivity contribution in [3.8, 4) is 0 Å². The summed E-state index contributed by atoms with van der Waals surface area (Å²) in [6.07, 6.45) is 4.48. The lowest BCUT2D eigenvalue weighted by Gasteiger charge is -2.33. The Hall–Kier alpha value is -1.84. The molecule has 0 bridgehead atoms. The van der Waals surface area contributed by atoms with Gasteiger partial charge in [-0.2, -0.15) is 0 Å². The van der Waals surface area contributed by atoms with Crippen molar-refractivity contribution in [3.05, 3.63) is 35.4 Å². The monoisotopic (exact) mass is 317 g/mol. The summed E-state index contributed by atoms with van der Waals surface area (Å²) in [6, 6.07) is 7.52. The Morgan fingerprint density at radius 3 is 2.30 bits per heavy atom. The number of aryl methyl sites for hydroxylation is 1. The molecule has 2 rings (SSSR count). The van der Waals surface area contributed by atoms with Gasteiger partial charge in [0, 0.05) is 18.5 Å². The molecule has 2 unspecified atom stereocenters. The summed E-state index contributed by atoms with van der Waals surface area (Å²) in [6.45, 7) is 6.53. The molecule has 1 fully saturated rings. The lowest BCUT2D eigenvalue weighted by Crippen LogP contribution is -2.43. The van der Waals surface area contributed by atoms with Gasteiger partial charge in [-0.1, -0.05) is 32.4 Å². The van der Waals surface area contributed by atoms with Crippen LogP contribution in [-0.2, 0) is 11.2 Å². The number of carbonyl (C=O) groups excluding carboxylic acids is 1. The van der Waals surface area contributed by atoms with E-state index in [2.05, 4.69) is 25.7 Å². The van der Waals surface area contributed by atoms with Gasteiger partial charge in [0.1, 0.15) is 0 Å². The first-order valence-electron chi connectivity index (χ1n) is 8.57. The van der Waals surface area contributed by atoms with Gasteiger partial charge in [-0.3, -0.25) is 4.79 Å². The van der Waals surface area contributed by atoms with Crippen LogP contribution >= 0.6 is 0 Å². The topological polar surface area (TPSA) is 57.6 Å². The second-order valence-corrected chi connectivity index (χ2v) is 6.66. The fraction of sp³-hybridized carbons (Fsp3) is 0.579. The SMILES string of the molecule is CCC(C)C(C)N(C(=O)CCc1ccc(C(=O)O)cc1)C1CC1. The molecule has 1 aromatic rings. The molecule has 0 aromatic heterocycles. The number of hydrogen-bond acceptors (Lipinski definition) is 2. The number of aromatic carboxylic acids is 1. The van der Waals surface area contributed by atoms with E-state index >= 15 is 0 Å². The van der Waals surface area contributed by atoms with Crippen LogP contribution in [0.4, 0.5) is 0 Å². The van der Waals surface area contributed by atoms with Crippen molar-refractivity contribution in [1.29, 1.82) is 0 Å². The van der Waals surface area contributed by atoms with Crippen LogP contribution in [0.1, 0.15) is 62.4 Å². The molecule has 1 aliphatic carbocycles. The van der Waals surface area contributed by atoms with Crippen molar-refractivity contribution in [2.75, 3.05) is 0 Å². The van der Waals surface area contributed by atoms with Crippen molar-refractivity contribution >= 4 is 11.9 Å². The summed E-state index contributed by atoms with van der Waals surface area (Å²) in [5.74, 6) is -0.188. The number of hydrogen-bond donors (Lipinski definition) is 1. The Kier molecular flexibility index (Phi) is 5.80. The number of nitrogens with zero attached hydrogens (tertiary/aromatic N) is 1. The van der Waals surface area contributed by atoms with Gasteiger partial charge in [0.15, 0.2) is 0 Å². The van der Waals surface area contributed by atoms with Crippen LogP contribution in [0.2, 0.25) is 0 Å². The van der Waals surface area contributed by atoms with Gasteiger partial charge in [-0.25, -0.2) is 4.79 Å². The Balaban J connectivity index is 1.95. The van der Waals surface area contributed by atoms with E-state index in [9.17, 15) is 9.59 Å². The van der Waals surface area contributed by atoms with Gasteiger partial charge >= 0.3 is 5.97 Å². The molecule has 1 aliphatic rings. The van der Waals surface area contributed by atoms with Crippen LogP contribution < -0.4 is 0 Å². The number of carbonyl (C=O) groups is 2. The van der Waals surface area contributed by atoms with Crippen molar-refractivity contribution < 1.29 is 14.7 Å². The number of carboxylic acids is 1. The maximum Gasteiger partial charge on any atom is 0.335 e. The van der Waals surface area contributed by atoms with Gasteiger partial charge in [0.05, 0.1) is 5.56 Å². The molecule has 2 atom stereocenters. The van der Waals surface area contributed by atoms with Crippen molar-refractivity contribution in [2.45, 2.75) is 65.0 Å². The molecule has 0 aliphatic heterocycles. The predicted molar refractivity (Wildman–Crippen MR) is 90.5 cm³/mol. The number of rotatable bonds is 8. The molecule has 0 heterocycles. The van der Waals surface area contributed by atoms with Crippen LogP contribution in [0, 0.1) is 5.92 Å². The Morgan fingerprint density at radius 2 is 1.83 bits per heavy atom. The van der Waals surface area contributed by atoms with Crippen LogP contribution in [0.5, 0.6) is 0 Å². The summed E-state index contributed by atoms with van der Waals surface area (Å²) in [4.78, 5) is 25.6. The minimum absolute atomic E-state index is 0.225. The second-order valence-electron chi connectivity index (χ2n) is 6.66. The van der Waals surface area contributed by atoms with Gasteiger partial charge in [0.25, 0.3) is 0 Å². The molecule has 1 N–H and O–H groups in total. The molecule has 1 amide bonds. The molecule has 4 heteroatoms. The second kappa shape index (κ2) is 7.62. The van der Waals surface area contributed by atoms with E-state index in [-0.39, 0.29) is 17.5 Å². The van der Waals surface area contributed by atoms with E-state index in [0.717, 1.165) is 24.8 Å². The molecule has 1 saturated carbocycles. The third kappa shape index (κ3) is 4.57. The maximum atomic E-state index is 12.7. The summed E-state index contributed by atoms with van der Waals surface area (Å²) in [7, 11) is 0. The van der Waals surface area contributed by atoms with Gasteiger partial charge in [0.2, 0.25) is 5.91 Å². The molecule has 126 valence electrons. The summed E-state index contributed by atoms with van der Waals surface area (Å²) in [5.41, 5.74) is 1.29. The standard InChI is InChI=1S/C19H27NO3/c1-4-13(2)14(3)20(17-10-11-17)18(21)12-7-15-5-8-16(9-6-15)19(22)23/h5-6,8-9,13-14,17H,4,7,10-12H2,1-3H3,(H,22,23). The van der Waals surface area contributed by atoms with E-state index in [1.807, 2.05) is 0 Å². The average molecular weight is 317 g/mol.